The third-order valence-corrected chi connectivity index (χ3v) is 6.14. The number of phenolic OH excluding ortho intramolecular Hbond substituents is 1. The van der Waals surface area contributed by atoms with Gasteiger partial charge in [0.15, 0.2) is 0 Å². The molecule has 0 spiro atoms. The van der Waals surface area contributed by atoms with E-state index in [2.05, 4.69) is 15.3 Å². The third-order valence-electron chi connectivity index (χ3n) is 5.84. The number of hydrogen-bond donors (Lipinski definition) is 4. The van der Waals surface area contributed by atoms with Gasteiger partial charge in [-0.15, -0.1) is 0 Å². The SMILES string of the molecule is NC(=O)C(=Cc1c[nH]c2nc(NC(=O)Cc3ccc4ccccc4c3)ccc12)c1ccc(O)c(Cl)c1. The van der Waals surface area contributed by atoms with E-state index in [1.54, 1.807) is 30.5 Å². The minimum absolute atomic E-state index is 0.0873. The van der Waals surface area contributed by atoms with Gasteiger partial charge < -0.3 is 21.1 Å². The van der Waals surface area contributed by atoms with Crippen LogP contribution in [0.2, 0.25) is 5.02 Å². The average Bonchev–Trinajstić information content (AvgIpc) is 3.26. The summed E-state index contributed by atoms with van der Waals surface area (Å²) in [5, 5.41) is 15.6. The molecule has 8 heteroatoms. The van der Waals surface area contributed by atoms with Crippen molar-refractivity contribution in [1.82, 2.24) is 9.97 Å². The quantitative estimate of drug-likeness (QED) is 0.239. The van der Waals surface area contributed by atoms with E-state index >= 15 is 0 Å². The van der Waals surface area contributed by atoms with Crippen LogP contribution in [-0.4, -0.2) is 26.9 Å². The molecule has 3 aromatic carbocycles. The number of hydrogen-bond acceptors (Lipinski definition) is 4. The standard InChI is InChI=1S/C28H21ClN4O3/c29-23-14-19(7-9-24(23)34)22(27(30)36)13-20-15-31-28-21(20)8-10-25(33-28)32-26(35)12-16-5-6-17-3-1-2-4-18(17)11-16/h1-11,13-15,34H,12H2,(H2,30,36)(H2,31,32,33,35). The number of phenols is 1. The summed E-state index contributed by atoms with van der Waals surface area (Å²) in [6.45, 7) is 0. The Bertz CT molecular complexity index is 1670. The van der Waals surface area contributed by atoms with Crippen LogP contribution in [0.25, 0.3) is 33.5 Å². The first-order valence-electron chi connectivity index (χ1n) is 11.1. The predicted molar refractivity (Wildman–Crippen MR) is 143 cm³/mol. The molecule has 0 aliphatic carbocycles. The van der Waals surface area contributed by atoms with Crippen molar-refractivity contribution in [3.05, 3.63) is 101 Å². The molecule has 5 rings (SSSR count). The van der Waals surface area contributed by atoms with Crippen LogP contribution < -0.4 is 11.1 Å². The van der Waals surface area contributed by atoms with E-state index in [0.717, 1.165) is 21.7 Å². The second-order valence-electron chi connectivity index (χ2n) is 8.33. The van der Waals surface area contributed by atoms with Crippen LogP contribution in [0.4, 0.5) is 5.82 Å². The minimum atomic E-state index is -0.642. The number of aromatic hydroxyl groups is 1. The number of H-pyrrole nitrogens is 1. The number of nitrogens with zero attached hydrogens (tertiary/aromatic N) is 1. The number of amides is 2. The minimum Gasteiger partial charge on any atom is -0.506 e. The van der Waals surface area contributed by atoms with Crippen molar-refractivity contribution in [2.24, 2.45) is 5.73 Å². The van der Waals surface area contributed by atoms with E-state index in [9.17, 15) is 14.7 Å². The average molecular weight is 497 g/mol. The van der Waals surface area contributed by atoms with E-state index in [0.29, 0.717) is 22.6 Å². The maximum Gasteiger partial charge on any atom is 0.249 e. The Morgan fingerprint density at radius 2 is 1.83 bits per heavy atom. The Balaban J connectivity index is 1.36. The number of nitrogens with two attached hydrogens (primary N) is 1. The van der Waals surface area contributed by atoms with Gasteiger partial charge in [-0.1, -0.05) is 60.1 Å². The smallest absolute Gasteiger partial charge is 0.249 e. The lowest BCUT2D eigenvalue weighted by molar-refractivity contribution is -0.115. The van der Waals surface area contributed by atoms with Crippen molar-refractivity contribution in [2.45, 2.75) is 6.42 Å². The Morgan fingerprint density at radius 3 is 2.61 bits per heavy atom. The van der Waals surface area contributed by atoms with E-state index < -0.39 is 5.91 Å². The second kappa shape index (κ2) is 9.56. The van der Waals surface area contributed by atoms with E-state index in [1.165, 1.54) is 12.1 Å². The lowest BCUT2D eigenvalue weighted by Gasteiger charge is -2.07. The molecule has 0 aliphatic heterocycles. The number of carbonyl (C=O) groups is 2. The van der Waals surface area contributed by atoms with Crippen molar-refractivity contribution >= 4 is 62.7 Å². The number of rotatable bonds is 6. The van der Waals surface area contributed by atoms with Gasteiger partial charge in [-0.3, -0.25) is 9.59 Å². The Hall–Kier alpha value is -4.62. The highest BCUT2D eigenvalue weighted by atomic mass is 35.5. The first kappa shape index (κ1) is 23.1. The van der Waals surface area contributed by atoms with Crippen LogP contribution in [0.1, 0.15) is 16.7 Å². The molecule has 36 heavy (non-hydrogen) atoms. The molecule has 2 aromatic heterocycles. The number of fused-ring (bicyclic) bond motifs is 2. The molecule has 0 aliphatic rings. The zero-order chi connectivity index (χ0) is 25.2. The van der Waals surface area contributed by atoms with E-state index in [4.69, 9.17) is 17.3 Å². The van der Waals surface area contributed by atoms with Crippen molar-refractivity contribution in [2.75, 3.05) is 5.32 Å². The zero-order valence-electron chi connectivity index (χ0n) is 19.0. The predicted octanol–water partition coefficient (Wildman–Crippen LogP) is 5.28. The van der Waals surface area contributed by atoms with Crippen LogP contribution in [-0.2, 0) is 16.0 Å². The van der Waals surface area contributed by atoms with Crippen LogP contribution in [0.5, 0.6) is 5.75 Å². The molecule has 5 N–H and O–H groups in total. The molecule has 178 valence electrons. The van der Waals surface area contributed by atoms with Crippen molar-refractivity contribution in [3.8, 4) is 5.75 Å². The van der Waals surface area contributed by atoms with Crippen LogP contribution in [0.3, 0.4) is 0 Å². The molecule has 0 unspecified atom stereocenters. The van der Waals surface area contributed by atoms with Gasteiger partial charge in [-0.2, -0.15) is 0 Å². The summed E-state index contributed by atoms with van der Waals surface area (Å²) < 4.78 is 0. The molecule has 5 aromatic rings. The third kappa shape index (κ3) is 4.78. The molecule has 0 saturated carbocycles. The molecule has 0 bridgehead atoms. The number of anilines is 1. The topological polar surface area (TPSA) is 121 Å². The maximum atomic E-state index is 12.6. The fourth-order valence-electron chi connectivity index (χ4n) is 4.06. The van der Waals surface area contributed by atoms with E-state index in [1.807, 2.05) is 42.5 Å². The van der Waals surface area contributed by atoms with Crippen LogP contribution in [0.15, 0.2) is 79.0 Å². The highest BCUT2D eigenvalue weighted by molar-refractivity contribution is 6.33. The molecule has 0 fully saturated rings. The normalized spacial score (nSPS) is 11.6. The Morgan fingerprint density at radius 1 is 1.03 bits per heavy atom. The van der Waals surface area contributed by atoms with Crippen molar-refractivity contribution in [1.29, 1.82) is 0 Å². The molecule has 0 atom stereocenters. The first-order chi connectivity index (χ1) is 17.4. The largest absolute Gasteiger partial charge is 0.506 e. The summed E-state index contributed by atoms with van der Waals surface area (Å²) in [6, 6.07) is 21.9. The lowest BCUT2D eigenvalue weighted by atomic mass is 10.0. The molecule has 2 heterocycles. The monoisotopic (exact) mass is 496 g/mol. The highest BCUT2D eigenvalue weighted by Crippen LogP contribution is 2.29. The van der Waals surface area contributed by atoms with Gasteiger partial charge in [-0.05, 0) is 52.2 Å². The fourth-order valence-corrected chi connectivity index (χ4v) is 4.24. The summed E-state index contributed by atoms with van der Waals surface area (Å²) in [7, 11) is 0. The number of pyridine rings is 1. The molecular weight excluding hydrogens is 476 g/mol. The van der Waals surface area contributed by atoms with Gasteiger partial charge in [0.2, 0.25) is 11.8 Å². The zero-order valence-corrected chi connectivity index (χ0v) is 19.7. The maximum absolute atomic E-state index is 12.6. The highest BCUT2D eigenvalue weighted by Gasteiger charge is 2.14. The number of halogens is 1. The second-order valence-corrected chi connectivity index (χ2v) is 8.74. The Labute approximate surface area is 211 Å². The first-order valence-corrected chi connectivity index (χ1v) is 11.5. The summed E-state index contributed by atoms with van der Waals surface area (Å²) >= 11 is 6.00. The summed E-state index contributed by atoms with van der Waals surface area (Å²) in [4.78, 5) is 32.3. The molecule has 2 amide bonds. The molecular formula is C28H21ClN4O3. The summed E-state index contributed by atoms with van der Waals surface area (Å²) in [5.74, 6) is -0.498. The van der Waals surface area contributed by atoms with Gasteiger partial charge in [0, 0.05) is 22.7 Å². The van der Waals surface area contributed by atoms with Gasteiger partial charge in [-0.25, -0.2) is 4.98 Å². The number of benzene rings is 3. The van der Waals surface area contributed by atoms with Crippen LogP contribution >= 0.6 is 11.6 Å². The van der Waals surface area contributed by atoms with E-state index in [-0.39, 0.29) is 28.7 Å². The Kier molecular flexibility index (Phi) is 6.14. The van der Waals surface area contributed by atoms with Crippen molar-refractivity contribution in [3.63, 3.8) is 0 Å². The summed E-state index contributed by atoms with van der Waals surface area (Å²) in [5.41, 5.74) is 8.44. The molecule has 0 radical (unpaired) electrons. The molecule has 0 saturated heterocycles. The van der Waals surface area contributed by atoms with Crippen molar-refractivity contribution < 1.29 is 14.7 Å². The number of primary amides is 1. The van der Waals surface area contributed by atoms with Gasteiger partial charge in [0.05, 0.1) is 11.4 Å². The number of aromatic amines is 1. The fraction of sp³-hybridized carbons (Fsp3) is 0.0357. The van der Waals surface area contributed by atoms with Crippen LogP contribution in [0, 0.1) is 0 Å². The number of carbonyl (C=O) groups excluding carboxylic acids is 2. The lowest BCUT2D eigenvalue weighted by Crippen LogP contribution is -2.15. The molecule has 7 nitrogen and oxygen atoms in total. The number of aromatic nitrogens is 2. The van der Waals surface area contributed by atoms with Gasteiger partial charge >= 0.3 is 0 Å². The van der Waals surface area contributed by atoms with Gasteiger partial charge in [0.1, 0.15) is 17.2 Å². The van der Waals surface area contributed by atoms with Gasteiger partial charge in [0.25, 0.3) is 0 Å². The summed E-state index contributed by atoms with van der Waals surface area (Å²) in [6.07, 6.45) is 3.55. The number of nitrogens with one attached hydrogen (secondary N) is 2.